The summed E-state index contributed by atoms with van der Waals surface area (Å²) in [5.41, 5.74) is 0.582. The highest BCUT2D eigenvalue weighted by Gasteiger charge is 2.45. The molecule has 1 aromatic heterocycles. The molecule has 1 atom stereocenters. The predicted molar refractivity (Wildman–Crippen MR) is 76.3 cm³/mol. The molecule has 8 heteroatoms. The van der Waals surface area contributed by atoms with Gasteiger partial charge in [-0.2, -0.15) is 8.42 Å². The summed E-state index contributed by atoms with van der Waals surface area (Å²) in [7, 11) is -5.13. The Morgan fingerprint density at radius 1 is 1.36 bits per heavy atom. The van der Waals surface area contributed by atoms with E-state index in [1.54, 1.807) is 0 Å². The highest BCUT2D eigenvalue weighted by molar-refractivity contribution is 7.81. The van der Waals surface area contributed by atoms with Crippen molar-refractivity contribution in [2.24, 2.45) is 5.41 Å². The fourth-order valence-electron chi connectivity index (χ4n) is 3.18. The first kappa shape index (κ1) is 15.2. The van der Waals surface area contributed by atoms with Crippen molar-refractivity contribution in [1.29, 1.82) is 0 Å². The van der Waals surface area contributed by atoms with E-state index in [1.165, 1.54) is 25.5 Å². The van der Waals surface area contributed by atoms with Crippen molar-refractivity contribution in [3.63, 3.8) is 0 Å². The van der Waals surface area contributed by atoms with Gasteiger partial charge in [0, 0.05) is 12.2 Å². The first-order chi connectivity index (χ1) is 10.4. The van der Waals surface area contributed by atoms with Gasteiger partial charge in [0.05, 0.1) is 11.8 Å². The van der Waals surface area contributed by atoms with Crippen molar-refractivity contribution in [2.45, 2.75) is 44.6 Å². The van der Waals surface area contributed by atoms with E-state index in [2.05, 4.69) is 14.5 Å². The zero-order chi connectivity index (χ0) is 15.8. The summed E-state index contributed by atoms with van der Waals surface area (Å²) in [5, 5.41) is 2.94. The molecule has 3 rings (SSSR count). The van der Waals surface area contributed by atoms with Crippen molar-refractivity contribution >= 4 is 16.4 Å². The van der Waals surface area contributed by atoms with Crippen LogP contribution in [-0.2, 0) is 10.5 Å². The van der Waals surface area contributed by atoms with Crippen LogP contribution in [0, 0.1) is 5.41 Å². The summed E-state index contributed by atoms with van der Waals surface area (Å²) in [6.45, 7) is 0. The molecule has 0 aliphatic heterocycles. The van der Waals surface area contributed by atoms with Crippen LogP contribution in [0.2, 0.25) is 0 Å². The Hall–Kier alpha value is -1.70. The average Bonchev–Trinajstić information content (AvgIpc) is 3.16. The van der Waals surface area contributed by atoms with Crippen LogP contribution in [0.3, 0.4) is 0 Å². The molecule has 0 aromatic carbocycles. The quantitative estimate of drug-likeness (QED) is 0.856. The fraction of sp³-hybridized carbons (Fsp3) is 0.571. The lowest BCUT2D eigenvalue weighted by atomic mass is 9.83. The summed E-state index contributed by atoms with van der Waals surface area (Å²) < 4.78 is 37.5. The highest BCUT2D eigenvalue weighted by Crippen LogP contribution is 2.56. The second kappa shape index (κ2) is 5.49. The summed E-state index contributed by atoms with van der Waals surface area (Å²) in [6.07, 6.45) is 9.07. The maximum atomic E-state index is 12.5. The topological polar surface area (TPSA) is 85.4 Å². The number of carbonyl (C=O) groups excluding carboxylic acids is 1. The molecule has 1 aromatic rings. The van der Waals surface area contributed by atoms with Gasteiger partial charge in [0.2, 0.25) is 0 Å². The predicted octanol–water partition coefficient (Wildman–Crippen LogP) is 2.13. The summed E-state index contributed by atoms with van der Waals surface area (Å²) >= 11 is 0. The van der Waals surface area contributed by atoms with Gasteiger partial charge < -0.3 is 9.50 Å². The van der Waals surface area contributed by atoms with Gasteiger partial charge in [0.15, 0.2) is 5.75 Å². The Kier molecular flexibility index (Phi) is 3.80. The Bertz CT molecular complexity index is 688. The number of aromatic nitrogens is 1. The van der Waals surface area contributed by atoms with Crippen molar-refractivity contribution in [1.82, 2.24) is 10.3 Å². The number of halogens is 1. The average molecular weight is 328 g/mol. The monoisotopic (exact) mass is 328 g/mol. The first-order valence-electron chi connectivity index (χ1n) is 7.25. The normalized spacial score (nSPS) is 23.0. The van der Waals surface area contributed by atoms with E-state index in [1.807, 2.05) is 0 Å². The largest absolute Gasteiger partial charge is 0.488 e. The van der Waals surface area contributed by atoms with Crippen LogP contribution in [0.5, 0.6) is 5.75 Å². The Labute approximate surface area is 128 Å². The van der Waals surface area contributed by atoms with E-state index < -0.39 is 10.5 Å². The molecule has 2 fully saturated rings. The van der Waals surface area contributed by atoms with E-state index in [9.17, 15) is 17.1 Å². The molecule has 1 N–H and O–H groups in total. The standard InChI is InChI=1S/C14H17FN2O4S/c15-22(19,20)21-12-6-10(8-16-9-12)13(18)17-11-2-1-3-14(7-11)4-5-14/h6,8-9,11H,1-5,7H2,(H,17,18). The van der Waals surface area contributed by atoms with E-state index in [0.717, 1.165) is 31.5 Å². The molecule has 2 saturated carbocycles. The van der Waals surface area contributed by atoms with Crippen LogP contribution in [-0.4, -0.2) is 25.4 Å². The minimum Gasteiger partial charge on any atom is -0.357 e. The number of pyridine rings is 1. The SMILES string of the molecule is O=C(NC1CCCC2(CC2)C1)c1cncc(OS(=O)(=O)F)c1. The molecule has 6 nitrogen and oxygen atoms in total. The Morgan fingerprint density at radius 3 is 2.82 bits per heavy atom. The highest BCUT2D eigenvalue weighted by atomic mass is 32.3. The number of hydrogen-bond acceptors (Lipinski definition) is 5. The molecule has 1 amide bonds. The lowest BCUT2D eigenvalue weighted by Crippen LogP contribution is -2.38. The molecule has 0 radical (unpaired) electrons. The van der Waals surface area contributed by atoms with Crippen LogP contribution in [0.1, 0.15) is 48.9 Å². The number of hydrogen-bond donors (Lipinski definition) is 1. The molecule has 22 heavy (non-hydrogen) atoms. The fourth-order valence-corrected chi connectivity index (χ4v) is 3.50. The number of nitrogens with zero attached hydrogens (tertiary/aromatic N) is 1. The van der Waals surface area contributed by atoms with Gasteiger partial charge in [-0.3, -0.25) is 9.78 Å². The minimum atomic E-state index is -5.13. The molecule has 2 aliphatic rings. The van der Waals surface area contributed by atoms with Gasteiger partial charge in [0.1, 0.15) is 0 Å². The number of rotatable bonds is 4. The molecular formula is C14H17FN2O4S. The van der Waals surface area contributed by atoms with Crippen LogP contribution < -0.4 is 9.50 Å². The summed E-state index contributed by atoms with van der Waals surface area (Å²) in [6, 6.07) is 1.29. The van der Waals surface area contributed by atoms with E-state index in [0.29, 0.717) is 5.41 Å². The third-order valence-electron chi connectivity index (χ3n) is 4.40. The number of nitrogens with one attached hydrogen (secondary N) is 1. The van der Waals surface area contributed by atoms with E-state index in [4.69, 9.17) is 0 Å². The smallest absolute Gasteiger partial charge is 0.357 e. The van der Waals surface area contributed by atoms with Crippen molar-refractivity contribution in [3.8, 4) is 5.75 Å². The molecule has 1 spiro atoms. The van der Waals surface area contributed by atoms with Crippen LogP contribution >= 0.6 is 0 Å². The second-order valence-corrected chi connectivity index (χ2v) is 7.11. The molecule has 0 bridgehead atoms. The lowest BCUT2D eigenvalue weighted by Gasteiger charge is -2.29. The third kappa shape index (κ3) is 3.73. The van der Waals surface area contributed by atoms with Crippen molar-refractivity contribution in [3.05, 3.63) is 24.0 Å². The third-order valence-corrected chi connectivity index (χ3v) is 4.79. The van der Waals surface area contributed by atoms with Gasteiger partial charge in [-0.1, -0.05) is 10.3 Å². The van der Waals surface area contributed by atoms with Crippen molar-refractivity contribution in [2.75, 3.05) is 0 Å². The van der Waals surface area contributed by atoms with Crippen molar-refractivity contribution < 1.29 is 21.3 Å². The summed E-state index contributed by atoms with van der Waals surface area (Å²) in [4.78, 5) is 15.9. The molecular weight excluding hydrogens is 311 g/mol. The second-order valence-electron chi connectivity index (χ2n) is 6.15. The van der Waals surface area contributed by atoms with E-state index >= 15 is 0 Å². The summed E-state index contributed by atoms with van der Waals surface area (Å²) in [5.74, 6) is -0.672. The first-order valence-corrected chi connectivity index (χ1v) is 8.56. The molecule has 1 unspecified atom stereocenters. The Morgan fingerprint density at radius 2 is 2.14 bits per heavy atom. The number of amides is 1. The van der Waals surface area contributed by atoms with Gasteiger partial charge >= 0.3 is 10.5 Å². The zero-order valence-corrected chi connectivity index (χ0v) is 12.7. The Balaban J connectivity index is 1.65. The zero-order valence-electron chi connectivity index (χ0n) is 11.9. The van der Waals surface area contributed by atoms with Crippen LogP contribution in [0.25, 0.3) is 0 Å². The maximum absolute atomic E-state index is 12.5. The lowest BCUT2D eigenvalue weighted by molar-refractivity contribution is 0.0916. The van der Waals surface area contributed by atoms with Gasteiger partial charge in [0.25, 0.3) is 5.91 Å². The molecule has 120 valence electrons. The maximum Gasteiger partial charge on any atom is 0.488 e. The van der Waals surface area contributed by atoms with Gasteiger partial charge in [-0.05, 0) is 43.6 Å². The minimum absolute atomic E-state index is 0.123. The van der Waals surface area contributed by atoms with Crippen LogP contribution in [0.4, 0.5) is 3.89 Å². The molecule has 0 saturated heterocycles. The van der Waals surface area contributed by atoms with Gasteiger partial charge in [-0.15, -0.1) is 0 Å². The van der Waals surface area contributed by atoms with Crippen LogP contribution in [0.15, 0.2) is 18.5 Å². The van der Waals surface area contributed by atoms with Gasteiger partial charge in [-0.25, -0.2) is 0 Å². The molecule has 2 aliphatic carbocycles. The molecule has 1 heterocycles. The number of carbonyl (C=O) groups is 1. The van der Waals surface area contributed by atoms with E-state index in [-0.39, 0.29) is 23.3 Å².